The molecule has 104 valence electrons. The average molecular weight is 276 g/mol. The number of nitrogens with zero attached hydrogens (tertiary/aromatic N) is 3. The second-order valence-electron chi connectivity index (χ2n) is 4.07. The number of aromatic nitrogens is 3. The number of halogens is 1. The summed E-state index contributed by atoms with van der Waals surface area (Å²) in [6.45, 7) is 3.50. The van der Waals surface area contributed by atoms with Crippen LogP contribution < -0.4 is 16.6 Å². The molecule has 0 fully saturated rings. The summed E-state index contributed by atoms with van der Waals surface area (Å²) in [5.41, 5.74) is 3.42. The summed E-state index contributed by atoms with van der Waals surface area (Å²) in [7, 11) is 0. The molecule has 20 heavy (non-hydrogen) atoms. The van der Waals surface area contributed by atoms with Crippen LogP contribution in [0.3, 0.4) is 0 Å². The van der Waals surface area contributed by atoms with Crippen molar-refractivity contribution >= 4 is 17.5 Å². The summed E-state index contributed by atoms with van der Waals surface area (Å²) in [5.74, 6) is 4.05. The smallest absolute Gasteiger partial charge is 0.260 e. The van der Waals surface area contributed by atoms with Crippen LogP contribution in [0.15, 0.2) is 18.2 Å². The van der Waals surface area contributed by atoms with Gasteiger partial charge < -0.3 is 5.43 Å². The maximum atomic E-state index is 13.5. The summed E-state index contributed by atoms with van der Waals surface area (Å²) >= 11 is 0. The minimum absolute atomic E-state index is 0.0466. The van der Waals surface area contributed by atoms with Crippen LogP contribution in [-0.4, -0.2) is 21.1 Å². The molecule has 0 bridgehead atoms. The van der Waals surface area contributed by atoms with Crippen LogP contribution in [0.4, 0.5) is 16.0 Å². The van der Waals surface area contributed by atoms with Gasteiger partial charge in [-0.25, -0.2) is 9.37 Å². The normalized spacial score (nSPS) is 10.2. The summed E-state index contributed by atoms with van der Waals surface area (Å²) in [4.78, 5) is 16.1. The number of nitrogens with two attached hydrogens (primary N) is 1. The van der Waals surface area contributed by atoms with Gasteiger partial charge in [0.15, 0.2) is 0 Å². The van der Waals surface area contributed by atoms with E-state index in [1.807, 2.05) is 0 Å². The van der Waals surface area contributed by atoms with E-state index >= 15 is 0 Å². The number of aryl methyl sites for hydroxylation is 2. The van der Waals surface area contributed by atoms with Crippen molar-refractivity contribution in [2.45, 2.75) is 13.8 Å². The number of hydrogen-bond acceptors (Lipinski definition) is 6. The van der Waals surface area contributed by atoms with Gasteiger partial charge in [0.2, 0.25) is 5.95 Å². The predicted molar refractivity (Wildman–Crippen MR) is 71.5 cm³/mol. The second-order valence-corrected chi connectivity index (χ2v) is 4.07. The number of nitrogens with one attached hydrogen (secondary N) is 2. The molecule has 0 aliphatic carbocycles. The maximum Gasteiger partial charge on any atom is 0.260 e. The van der Waals surface area contributed by atoms with Gasteiger partial charge in [-0.05, 0) is 26.0 Å². The number of hydrazine groups is 1. The number of carbonyl (C=O) groups is 1. The van der Waals surface area contributed by atoms with Crippen molar-refractivity contribution in [2.75, 3.05) is 10.7 Å². The second kappa shape index (κ2) is 5.57. The molecule has 0 radical (unpaired) electrons. The fraction of sp³-hybridized carbons (Fsp3) is 0.167. The zero-order valence-electron chi connectivity index (χ0n) is 10.9. The number of amides is 1. The summed E-state index contributed by atoms with van der Waals surface area (Å²) in [5, 5.41) is 10.0. The minimum Gasteiger partial charge on any atom is -0.321 e. The highest BCUT2D eigenvalue weighted by molar-refractivity contribution is 6.07. The van der Waals surface area contributed by atoms with Crippen LogP contribution in [0.5, 0.6) is 0 Å². The Balaban J connectivity index is 2.28. The van der Waals surface area contributed by atoms with E-state index in [1.54, 1.807) is 13.8 Å². The Morgan fingerprint density at radius 3 is 2.65 bits per heavy atom. The zero-order chi connectivity index (χ0) is 14.7. The van der Waals surface area contributed by atoms with Gasteiger partial charge in [-0.1, -0.05) is 6.07 Å². The molecule has 0 aliphatic heterocycles. The van der Waals surface area contributed by atoms with Crippen molar-refractivity contribution < 1.29 is 9.18 Å². The molecule has 0 spiro atoms. The number of rotatable bonds is 3. The van der Waals surface area contributed by atoms with E-state index in [1.165, 1.54) is 18.2 Å². The first-order valence-corrected chi connectivity index (χ1v) is 5.77. The van der Waals surface area contributed by atoms with Crippen molar-refractivity contribution in [2.24, 2.45) is 5.84 Å². The van der Waals surface area contributed by atoms with E-state index < -0.39 is 11.7 Å². The third-order valence-electron chi connectivity index (χ3n) is 2.72. The maximum absolute atomic E-state index is 13.5. The zero-order valence-corrected chi connectivity index (χ0v) is 10.9. The first kappa shape index (κ1) is 13.8. The van der Waals surface area contributed by atoms with Crippen molar-refractivity contribution in [1.29, 1.82) is 0 Å². The highest BCUT2D eigenvalue weighted by atomic mass is 19.1. The Hall–Kier alpha value is -2.61. The largest absolute Gasteiger partial charge is 0.321 e. The molecule has 2 rings (SSSR count). The van der Waals surface area contributed by atoms with E-state index in [-0.39, 0.29) is 17.2 Å². The molecule has 1 heterocycles. The molecule has 7 nitrogen and oxygen atoms in total. The Kier molecular flexibility index (Phi) is 3.85. The SMILES string of the molecule is Cc1nnc(NC(=O)c2cccc(F)c2NN)nc1C. The topological polar surface area (TPSA) is 106 Å². The number of hydrogen-bond donors (Lipinski definition) is 3. The summed E-state index contributed by atoms with van der Waals surface area (Å²) in [6, 6.07) is 4.03. The molecule has 1 aromatic heterocycles. The fourth-order valence-corrected chi connectivity index (χ4v) is 1.54. The van der Waals surface area contributed by atoms with Gasteiger partial charge in [0, 0.05) is 0 Å². The number of para-hydroxylation sites is 1. The number of carbonyl (C=O) groups excluding carboxylic acids is 1. The number of benzene rings is 1. The third-order valence-corrected chi connectivity index (χ3v) is 2.72. The standard InChI is InChI=1S/C12H13FN6O/c1-6-7(2)18-19-12(15-6)16-11(20)8-4-3-5-9(13)10(8)17-14/h3-5,17H,14H2,1-2H3,(H,15,16,19,20). The van der Waals surface area contributed by atoms with Gasteiger partial charge >= 0.3 is 0 Å². The lowest BCUT2D eigenvalue weighted by atomic mass is 10.1. The highest BCUT2D eigenvalue weighted by Crippen LogP contribution is 2.19. The van der Waals surface area contributed by atoms with Crippen molar-refractivity contribution in [3.63, 3.8) is 0 Å². The Morgan fingerprint density at radius 2 is 2.00 bits per heavy atom. The first-order valence-electron chi connectivity index (χ1n) is 5.77. The van der Waals surface area contributed by atoms with Gasteiger partial charge in [-0.15, -0.1) is 5.10 Å². The molecule has 0 saturated heterocycles. The lowest BCUT2D eigenvalue weighted by Gasteiger charge is -2.09. The van der Waals surface area contributed by atoms with E-state index in [4.69, 9.17) is 5.84 Å². The average Bonchev–Trinajstić information content (AvgIpc) is 2.42. The molecule has 8 heteroatoms. The lowest BCUT2D eigenvalue weighted by Crippen LogP contribution is -2.20. The molecule has 2 aromatic rings. The quantitative estimate of drug-likeness (QED) is 0.574. The highest BCUT2D eigenvalue weighted by Gasteiger charge is 2.15. The van der Waals surface area contributed by atoms with Crippen molar-refractivity contribution in [3.05, 3.63) is 41.0 Å². The Morgan fingerprint density at radius 1 is 1.25 bits per heavy atom. The van der Waals surface area contributed by atoms with Crippen molar-refractivity contribution in [1.82, 2.24) is 15.2 Å². The number of nitrogen functional groups attached to an aromatic ring is 1. The molecular weight excluding hydrogens is 263 g/mol. The molecular formula is C12H13FN6O. The molecule has 0 atom stereocenters. The predicted octanol–water partition coefficient (Wildman–Crippen LogP) is 1.17. The fourth-order valence-electron chi connectivity index (χ4n) is 1.54. The summed E-state index contributed by atoms with van der Waals surface area (Å²) in [6.07, 6.45) is 0. The van der Waals surface area contributed by atoms with Gasteiger partial charge in [0.05, 0.1) is 22.6 Å². The van der Waals surface area contributed by atoms with E-state index in [0.717, 1.165) is 0 Å². The Labute approximate surface area is 114 Å². The van der Waals surface area contributed by atoms with E-state index in [0.29, 0.717) is 11.4 Å². The van der Waals surface area contributed by atoms with Crippen LogP contribution in [-0.2, 0) is 0 Å². The van der Waals surface area contributed by atoms with Gasteiger partial charge in [-0.2, -0.15) is 5.10 Å². The van der Waals surface area contributed by atoms with E-state index in [2.05, 4.69) is 25.9 Å². The molecule has 1 amide bonds. The molecule has 1 aromatic carbocycles. The molecule has 4 N–H and O–H groups in total. The van der Waals surface area contributed by atoms with Crippen molar-refractivity contribution in [3.8, 4) is 0 Å². The first-order chi connectivity index (χ1) is 9.52. The number of anilines is 2. The van der Waals surface area contributed by atoms with Crippen LogP contribution >= 0.6 is 0 Å². The molecule has 0 saturated carbocycles. The van der Waals surface area contributed by atoms with Gasteiger partial charge in [0.25, 0.3) is 5.91 Å². The van der Waals surface area contributed by atoms with Crippen LogP contribution in [0.1, 0.15) is 21.7 Å². The van der Waals surface area contributed by atoms with E-state index in [9.17, 15) is 9.18 Å². The van der Waals surface area contributed by atoms with Crippen LogP contribution in [0.25, 0.3) is 0 Å². The van der Waals surface area contributed by atoms with Crippen LogP contribution in [0.2, 0.25) is 0 Å². The monoisotopic (exact) mass is 276 g/mol. The van der Waals surface area contributed by atoms with Gasteiger partial charge in [0.1, 0.15) is 5.82 Å². The van der Waals surface area contributed by atoms with Gasteiger partial charge in [-0.3, -0.25) is 16.0 Å². The summed E-state index contributed by atoms with van der Waals surface area (Å²) < 4.78 is 13.5. The Bertz CT molecular complexity index is 660. The lowest BCUT2D eigenvalue weighted by molar-refractivity contribution is 0.102. The third kappa shape index (κ3) is 2.69. The molecule has 0 unspecified atom stereocenters. The molecule has 0 aliphatic rings. The van der Waals surface area contributed by atoms with Crippen LogP contribution in [0, 0.1) is 19.7 Å². The minimum atomic E-state index is -0.626.